The molecule has 1 amide bonds. The Balaban J connectivity index is 2.04. The number of carbonyl (C=O) groups is 1. The van der Waals surface area contributed by atoms with Gasteiger partial charge < -0.3 is 14.6 Å². The maximum atomic E-state index is 12.4. The molecule has 0 bridgehead atoms. The third kappa shape index (κ3) is 3.00. The van der Waals surface area contributed by atoms with Crippen molar-refractivity contribution < 1.29 is 9.21 Å². The van der Waals surface area contributed by atoms with E-state index < -0.39 is 0 Å². The van der Waals surface area contributed by atoms with Gasteiger partial charge in [0, 0.05) is 25.6 Å². The zero-order valence-electron chi connectivity index (χ0n) is 12.1. The Morgan fingerprint density at radius 1 is 1.47 bits per heavy atom. The Bertz CT molecular complexity index is 428. The highest BCUT2D eigenvalue weighted by Crippen LogP contribution is 2.22. The number of carbonyl (C=O) groups excluding carboxylic acids is 1. The average molecular weight is 264 g/mol. The second-order valence-corrected chi connectivity index (χ2v) is 5.22. The molecular weight excluding hydrogens is 240 g/mol. The van der Waals surface area contributed by atoms with E-state index in [1.165, 1.54) is 0 Å². The average Bonchev–Trinajstić information content (AvgIpc) is 2.94. The van der Waals surface area contributed by atoms with Crippen LogP contribution in [0.15, 0.2) is 16.5 Å². The van der Waals surface area contributed by atoms with E-state index in [4.69, 9.17) is 4.42 Å². The van der Waals surface area contributed by atoms with Gasteiger partial charge in [-0.3, -0.25) is 4.79 Å². The van der Waals surface area contributed by atoms with Crippen molar-refractivity contribution in [2.24, 2.45) is 5.92 Å². The maximum Gasteiger partial charge on any atom is 0.289 e. The van der Waals surface area contributed by atoms with Gasteiger partial charge in [-0.15, -0.1) is 0 Å². The first-order valence-corrected chi connectivity index (χ1v) is 7.24. The molecule has 0 spiro atoms. The molecule has 4 nitrogen and oxygen atoms in total. The van der Waals surface area contributed by atoms with Gasteiger partial charge in [0.05, 0.1) is 0 Å². The van der Waals surface area contributed by atoms with E-state index in [0.29, 0.717) is 17.7 Å². The first-order valence-electron chi connectivity index (χ1n) is 7.24. The number of amides is 1. The highest BCUT2D eigenvalue weighted by atomic mass is 16.4. The summed E-state index contributed by atoms with van der Waals surface area (Å²) in [4.78, 5) is 14.3. The molecule has 0 aliphatic carbocycles. The number of aryl methyl sites for hydroxylation is 1. The van der Waals surface area contributed by atoms with Crippen LogP contribution in [-0.2, 0) is 6.42 Å². The lowest BCUT2D eigenvalue weighted by molar-refractivity contribution is 0.0598. The number of rotatable bonds is 4. The zero-order valence-corrected chi connectivity index (χ0v) is 12.1. The predicted octanol–water partition coefficient (Wildman–Crippen LogP) is 2.30. The molecule has 106 valence electrons. The fraction of sp³-hybridized carbons (Fsp3) is 0.667. The minimum absolute atomic E-state index is 0.0349. The summed E-state index contributed by atoms with van der Waals surface area (Å²) in [6.45, 7) is 5.84. The fourth-order valence-corrected chi connectivity index (χ4v) is 2.85. The van der Waals surface area contributed by atoms with E-state index in [1.807, 2.05) is 24.9 Å². The molecule has 4 heteroatoms. The van der Waals surface area contributed by atoms with E-state index in [2.05, 4.69) is 12.2 Å². The molecule has 1 aliphatic rings. The SMILES string of the molecule is CCc1ccc(C(=O)N2CCC(NC)C(CC)C2)o1. The number of hydrogen-bond donors (Lipinski definition) is 1. The molecule has 1 fully saturated rings. The van der Waals surface area contributed by atoms with E-state index in [-0.39, 0.29) is 5.91 Å². The van der Waals surface area contributed by atoms with Crippen LogP contribution in [0.2, 0.25) is 0 Å². The molecule has 0 saturated carbocycles. The highest BCUT2D eigenvalue weighted by Gasteiger charge is 2.30. The maximum absolute atomic E-state index is 12.4. The normalized spacial score (nSPS) is 23.6. The molecule has 1 N–H and O–H groups in total. The summed E-state index contributed by atoms with van der Waals surface area (Å²) < 4.78 is 5.56. The summed E-state index contributed by atoms with van der Waals surface area (Å²) in [5, 5.41) is 3.36. The van der Waals surface area contributed by atoms with E-state index in [0.717, 1.165) is 38.1 Å². The Morgan fingerprint density at radius 2 is 2.26 bits per heavy atom. The van der Waals surface area contributed by atoms with Gasteiger partial charge in [-0.2, -0.15) is 0 Å². The lowest BCUT2D eigenvalue weighted by atomic mass is 9.90. The summed E-state index contributed by atoms with van der Waals surface area (Å²) in [6, 6.07) is 4.22. The zero-order chi connectivity index (χ0) is 13.8. The van der Waals surface area contributed by atoms with Crippen molar-refractivity contribution in [3.63, 3.8) is 0 Å². The van der Waals surface area contributed by atoms with Gasteiger partial charge in [-0.05, 0) is 31.5 Å². The molecule has 1 aromatic rings. The number of nitrogens with zero attached hydrogens (tertiary/aromatic N) is 1. The summed E-state index contributed by atoms with van der Waals surface area (Å²) in [5.74, 6) is 1.92. The number of piperidine rings is 1. The summed E-state index contributed by atoms with van der Waals surface area (Å²) in [5.41, 5.74) is 0. The lowest BCUT2D eigenvalue weighted by Gasteiger charge is -2.37. The molecule has 0 radical (unpaired) electrons. The van der Waals surface area contributed by atoms with Crippen LogP contribution in [0.4, 0.5) is 0 Å². The number of nitrogens with one attached hydrogen (secondary N) is 1. The second kappa shape index (κ2) is 6.24. The van der Waals surface area contributed by atoms with Crippen molar-refractivity contribution in [1.82, 2.24) is 10.2 Å². The van der Waals surface area contributed by atoms with Crippen molar-refractivity contribution in [3.8, 4) is 0 Å². The number of likely N-dealkylation sites (tertiary alicyclic amines) is 1. The van der Waals surface area contributed by atoms with Crippen LogP contribution in [0.3, 0.4) is 0 Å². The minimum Gasteiger partial charge on any atom is -0.456 e. The monoisotopic (exact) mass is 264 g/mol. The van der Waals surface area contributed by atoms with Gasteiger partial charge in [0.2, 0.25) is 0 Å². The van der Waals surface area contributed by atoms with Crippen molar-refractivity contribution in [2.75, 3.05) is 20.1 Å². The van der Waals surface area contributed by atoms with Crippen LogP contribution in [0, 0.1) is 5.92 Å². The molecule has 19 heavy (non-hydrogen) atoms. The van der Waals surface area contributed by atoms with Crippen molar-refractivity contribution in [2.45, 2.75) is 39.2 Å². The molecule has 2 heterocycles. The van der Waals surface area contributed by atoms with Crippen molar-refractivity contribution in [3.05, 3.63) is 23.7 Å². The van der Waals surface area contributed by atoms with Crippen molar-refractivity contribution in [1.29, 1.82) is 0 Å². The smallest absolute Gasteiger partial charge is 0.289 e. The molecule has 2 unspecified atom stereocenters. The Labute approximate surface area is 115 Å². The Hall–Kier alpha value is -1.29. The van der Waals surface area contributed by atoms with Gasteiger partial charge in [-0.1, -0.05) is 20.3 Å². The van der Waals surface area contributed by atoms with Crippen LogP contribution in [0.1, 0.15) is 43.0 Å². The summed E-state index contributed by atoms with van der Waals surface area (Å²) in [6.07, 6.45) is 2.93. The topological polar surface area (TPSA) is 45.5 Å². The molecule has 1 aromatic heterocycles. The van der Waals surface area contributed by atoms with Crippen LogP contribution >= 0.6 is 0 Å². The first kappa shape index (κ1) is 14.1. The van der Waals surface area contributed by atoms with Crippen molar-refractivity contribution >= 4 is 5.91 Å². The first-order chi connectivity index (χ1) is 9.19. The Kier molecular flexibility index (Phi) is 4.64. The third-order valence-corrected chi connectivity index (χ3v) is 4.14. The standard InChI is InChI=1S/C15H24N2O2/c1-4-11-10-17(9-8-13(11)16-3)15(18)14-7-6-12(5-2)19-14/h6-7,11,13,16H,4-5,8-10H2,1-3H3. The second-order valence-electron chi connectivity index (χ2n) is 5.22. The van der Waals surface area contributed by atoms with Crippen LogP contribution in [-0.4, -0.2) is 37.0 Å². The number of hydrogen-bond acceptors (Lipinski definition) is 3. The molecule has 0 aromatic carbocycles. The van der Waals surface area contributed by atoms with E-state index in [9.17, 15) is 4.79 Å². The van der Waals surface area contributed by atoms with E-state index >= 15 is 0 Å². The quantitative estimate of drug-likeness (QED) is 0.907. The molecule has 2 rings (SSSR count). The van der Waals surface area contributed by atoms with Crippen LogP contribution < -0.4 is 5.32 Å². The van der Waals surface area contributed by atoms with Gasteiger partial charge in [0.15, 0.2) is 5.76 Å². The third-order valence-electron chi connectivity index (χ3n) is 4.14. The van der Waals surface area contributed by atoms with Crippen LogP contribution in [0.5, 0.6) is 0 Å². The van der Waals surface area contributed by atoms with Gasteiger partial charge >= 0.3 is 0 Å². The molecule has 1 aliphatic heterocycles. The van der Waals surface area contributed by atoms with Gasteiger partial charge in [0.1, 0.15) is 5.76 Å². The van der Waals surface area contributed by atoms with Gasteiger partial charge in [-0.25, -0.2) is 0 Å². The van der Waals surface area contributed by atoms with Crippen LogP contribution in [0.25, 0.3) is 0 Å². The molecule has 2 atom stereocenters. The van der Waals surface area contributed by atoms with Gasteiger partial charge in [0.25, 0.3) is 5.91 Å². The Morgan fingerprint density at radius 3 is 2.84 bits per heavy atom. The highest BCUT2D eigenvalue weighted by molar-refractivity contribution is 5.91. The predicted molar refractivity (Wildman–Crippen MR) is 75.2 cm³/mol. The molecular formula is C15H24N2O2. The largest absolute Gasteiger partial charge is 0.456 e. The van der Waals surface area contributed by atoms with E-state index in [1.54, 1.807) is 6.07 Å². The summed E-state index contributed by atoms with van der Waals surface area (Å²) >= 11 is 0. The molecule has 1 saturated heterocycles. The lowest BCUT2D eigenvalue weighted by Crippen LogP contribution is -2.50. The number of furan rings is 1. The summed E-state index contributed by atoms with van der Waals surface area (Å²) in [7, 11) is 2.00. The minimum atomic E-state index is 0.0349. The fourth-order valence-electron chi connectivity index (χ4n) is 2.85.